The molecule has 1 aromatic carbocycles. The highest BCUT2D eigenvalue weighted by Gasteiger charge is 2.10. The van der Waals surface area contributed by atoms with Crippen LogP contribution in [0, 0.1) is 0 Å². The van der Waals surface area contributed by atoms with Gasteiger partial charge in [0, 0.05) is 16.2 Å². The molecule has 1 aromatic heterocycles. The first-order valence-corrected chi connectivity index (χ1v) is 5.62. The van der Waals surface area contributed by atoms with E-state index in [1.807, 2.05) is 24.3 Å². The molecule has 1 heterocycles. The lowest BCUT2D eigenvalue weighted by Gasteiger charge is -2.05. The van der Waals surface area contributed by atoms with Crippen LogP contribution < -0.4 is 5.73 Å². The lowest BCUT2D eigenvalue weighted by Crippen LogP contribution is -2.04. The summed E-state index contributed by atoms with van der Waals surface area (Å²) in [4.78, 5) is 14.8. The maximum Gasteiger partial charge on any atom is 0.339 e. The van der Waals surface area contributed by atoms with E-state index in [0.29, 0.717) is 0 Å². The number of benzene rings is 1. The summed E-state index contributed by atoms with van der Waals surface area (Å²) in [6, 6.07) is 9.04. The van der Waals surface area contributed by atoms with Crippen molar-refractivity contribution in [2.24, 2.45) is 0 Å². The van der Waals surface area contributed by atoms with Gasteiger partial charge >= 0.3 is 5.97 Å². The molecule has 4 nitrogen and oxygen atoms in total. The molecule has 0 atom stereocenters. The van der Waals surface area contributed by atoms with Gasteiger partial charge in [0.2, 0.25) is 0 Å². The third-order valence-electron chi connectivity index (χ3n) is 2.33. The van der Waals surface area contributed by atoms with Crippen LogP contribution in [-0.4, -0.2) is 16.1 Å². The summed E-state index contributed by atoms with van der Waals surface area (Å²) in [5.41, 5.74) is 7.13. The summed E-state index contributed by atoms with van der Waals surface area (Å²) in [6.45, 7) is 0. The number of halogens is 1. The summed E-state index contributed by atoms with van der Waals surface area (Å²) in [6.07, 6.45) is 1.56. The molecule has 0 aliphatic rings. The maximum atomic E-state index is 10.9. The van der Waals surface area contributed by atoms with Gasteiger partial charge in [0.05, 0.1) is 0 Å². The number of aromatic carboxylic acids is 1. The van der Waals surface area contributed by atoms with Crippen LogP contribution in [0.15, 0.2) is 41.0 Å². The number of carbonyl (C=O) groups is 1. The number of aromatic nitrogens is 1. The van der Waals surface area contributed by atoms with Gasteiger partial charge in [-0.1, -0.05) is 28.1 Å². The first-order chi connectivity index (χ1) is 8.08. The number of carboxylic acid groups (broad SMARTS) is 1. The van der Waals surface area contributed by atoms with E-state index in [-0.39, 0.29) is 11.4 Å². The number of pyridine rings is 1. The molecule has 0 amide bonds. The van der Waals surface area contributed by atoms with Crippen LogP contribution in [0.5, 0.6) is 0 Å². The van der Waals surface area contributed by atoms with E-state index in [4.69, 9.17) is 10.8 Å². The molecule has 5 heteroatoms. The summed E-state index contributed by atoms with van der Waals surface area (Å²) in [5.74, 6) is -1.05. The molecule has 0 aliphatic carbocycles. The van der Waals surface area contributed by atoms with Crippen LogP contribution in [0.2, 0.25) is 0 Å². The number of nitrogens with zero attached hydrogens (tertiary/aromatic N) is 1. The van der Waals surface area contributed by atoms with Gasteiger partial charge in [-0.15, -0.1) is 0 Å². The Morgan fingerprint density at radius 2 is 1.88 bits per heavy atom. The molecule has 0 saturated heterocycles. The van der Waals surface area contributed by atoms with E-state index >= 15 is 0 Å². The number of nitrogens with two attached hydrogens (primary N) is 1. The molecule has 0 bridgehead atoms. The molecule has 0 fully saturated rings. The van der Waals surface area contributed by atoms with Gasteiger partial charge in [0.1, 0.15) is 11.4 Å². The van der Waals surface area contributed by atoms with Crippen LogP contribution in [0.3, 0.4) is 0 Å². The van der Waals surface area contributed by atoms with Gasteiger partial charge in [-0.3, -0.25) is 0 Å². The molecule has 2 aromatic rings. The van der Waals surface area contributed by atoms with E-state index in [2.05, 4.69) is 20.9 Å². The van der Waals surface area contributed by atoms with E-state index in [1.165, 1.54) is 6.07 Å². The number of carboxylic acids is 1. The number of hydrogen-bond acceptors (Lipinski definition) is 3. The molecular weight excluding hydrogens is 284 g/mol. The van der Waals surface area contributed by atoms with Crippen LogP contribution in [0.1, 0.15) is 10.4 Å². The van der Waals surface area contributed by atoms with Gasteiger partial charge in [-0.25, -0.2) is 9.78 Å². The van der Waals surface area contributed by atoms with E-state index in [9.17, 15) is 4.79 Å². The minimum absolute atomic E-state index is 0.0189. The maximum absolute atomic E-state index is 10.9. The topological polar surface area (TPSA) is 76.2 Å². The Morgan fingerprint density at radius 1 is 1.24 bits per heavy atom. The monoisotopic (exact) mass is 292 g/mol. The van der Waals surface area contributed by atoms with Crippen molar-refractivity contribution >= 4 is 27.7 Å². The standard InChI is InChI=1S/C12H9BrN2O2/c13-9-3-1-7(2-4-9)8-5-10(12(16)17)11(14)15-6-8/h1-6H,(H2,14,15)(H,16,17). The van der Waals surface area contributed by atoms with Gasteiger partial charge in [0.25, 0.3) is 0 Å². The third kappa shape index (κ3) is 2.45. The van der Waals surface area contributed by atoms with E-state index in [1.54, 1.807) is 6.20 Å². The highest BCUT2D eigenvalue weighted by atomic mass is 79.9. The van der Waals surface area contributed by atoms with Crippen molar-refractivity contribution in [2.45, 2.75) is 0 Å². The largest absolute Gasteiger partial charge is 0.478 e. The second-order valence-electron chi connectivity index (χ2n) is 3.47. The van der Waals surface area contributed by atoms with Gasteiger partial charge in [-0.05, 0) is 23.8 Å². The van der Waals surface area contributed by atoms with Crippen molar-refractivity contribution in [3.05, 3.63) is 46.6 Å². The van der Waals surface area contributed by atoms with Crippen LogP contribution >= 0.6 is 15.9 Å². The molecule has 3 N–H and O–H groups in total. The van der Waals surface area contributed by atoms with E-state index in [0.717, 1.165) is 15.6 Å². The zero-order chi connectivity index (χ0) is 12.4. The van der Waals surface area contributed by atoms with Crippen LogP contribution in [0.4, 0.5) is 5.82 Å². The van der Waals surface area contributed by atoms with Crippen molar-refractivity contribution in [3.63, 3.8) is 0 Å². The third-order valence-corrected chi connectivity index (χ3v) is 2.86. The molecule has 0 aliphatic heterocycles. The zero-order valence-electron chi connectivity index (χ0n) is 8.72. The van der Waals surface area contributed by atoms with Crippen molar-refractivity contribution in [3.8, 4) is 11.1 Å². The molecule has 2 rings (SSSR count). The first kappa shape index (κ1) is 11.6. The normalized spacial score (nSPS) is 10.2. The van der Waals surface area contributed by atoms with Gasteiger partial charge < -0.3 is 10.8 Å². The molecule has 86 valence electrons. The van der Waals surface area contributed by atoms with Crippen molar-refractivity contribution in [2.75, 3.05) is 5.73 Å². The second kappa shape index (κ2) is 4.55. The molecule has 0 unspecified atom stereocenters. The molecule has 0 saturated carbocycles. The first-order valence-electron chi connectivity index (χ1n) is 4.82. The predicted molar refractivity (Wildman–Crippen MR) is 68.7 cm³/mol. The smallest absolute Gasteiger partial charge is 0.339 e. The fraction of sp³-hybridized carbons (Fsp3) is 0. The van der Waals surface area contributed by atoms with Crippen molar-refractivity contribution in [1.29, 1.82) is 0 Å². The van der Waals surface area contributed by atoms with Crippen molar-refractivity contribution in [1.82, 2.24) is 4.98 Å². The molecular formula is C12H9BrN2O2. The number of anilines is 1. The summed E-state index contributed by atoms with van der Waals surface area (Å²) in [7, 11) is 0. The van der Waals surface area contributed by atoms with Crippen LogP contribution in [0.25, 0.3) is 11.1 Å². The second-order valence-corrected chi connectivity index (χ2v) is 4.38. The molecule has 17 heavy (non-hydrogen) atoms. The highest BCUT2D eigenvalue weighted by molar-refractivity contribution is 9.10. The Hall–Kier alpha value is -1.88. The average molecular weight is 293 g/mol. The summed E-state index contributed by atoms with van der Waals surface area (Å²) < 4.78 is 0.961. The lowest BCUT2D eigenvalue weighted by atomic mass is 10.1. The average Bonchev–Trinajstić information content (AvgIpc) is 2.30. The Balaban J connectivity index is 2.50. The Kier molecular flexibility index (Phi) is 3.10. The molecule has 0 radical (unpaired) electrons. The fourth-order valence-electron chi connectivity index (χ4n) is 1.45. The SMILES string of the molecule is Nc1ncc(-c2ccc(Br)cc2)cc1C(=O)O. The minimum atomic E-state index is -1.08. The fourth-order valence-corrected chi connectivity index (χ4v) is 1.71. The Labute approximate surface area is 106 Å². The molecule has 0 spiro atoms. The van der Waals surface area contributed by atoms with Crippen LogP contribution in [-0.2, 0) is 0 Å². The predicted octanol–water partition coefficient (Wildman–Crippen LogP) is 2.79. The minimum Gasteiger partial charge on any atom is -0.478 e. The quantitative estimate of drug-likeness (QED) is 0.892. The van der Waals surface area contributed by atoms with Crippen molar-refractivity contribution < 1.29 is 9.90 Å². The summed E-state index contributed by atoms with van der Waals surface area (Å²) in [5, 5.41) is 8.95. The number of hydrogen-bond donors (Lipinski definition) is 2. The van der Waals surface area contributed by atoms with E-state index < -0.39 is 5.97 Å². The lowest BCUT2D eigenvalue weighted by molar-refractivity contribution is 0.0698. The summed E-state index contributed by atoms with van der Waals surface area (Å²) >= 11 is 3.34. The van der Waals surface area contributed by atoms with Gasteiger partial charge in [-0.2, -0.15) is 0 Å². The highest BCUT2D eigenvalue weighted by Crippen LogP contribution is 2.23. The number of nitrogen functional groups attached to an aromatic ring is 1. The Morgan fingerprint density at radius 3 is 2.47 bits per heavy atom. The zero-order valence-corrected chi connectivity index (χ0v) is 10.3. The Bertz CT molecular complexity index is 567. The van der Waals surface area contributed by atoms with Gasteiger partial charge in [0.15, 0.2) is 0 Å². The number of rotatable bonds is 2.